The maximum Gasteiger partial charge on any atom is 0.238 e. The Bertz CT molecular complexity index is 612. The van der Waals surface area contributed by atoms with Gasteiger partial charge in [-0.1, -0.05) is 57.3 Å². The van der Waals surface area contributed by atoms with Crippen molar-refractivity contribution in [2.24, 2.45) is 0 Å². The smallest absolute Gasteiger partial charge is 0.238 e. The zero-order chi connectivity index (χ0) is 15.2. The predicted molar refractivity (Wildman–Crippen MR) is 90.9 cm³/mol. The standard InChI is InChI=1S/C15H13BrCl2N2O/c16-11-6-4-10(5-7-11)8-19-9-14(21)20-15-12(17)2-1-3-13(15)18/h1-7,19H,8-9H2,(H,20,21). The zero-order valence-electron chi connectivity index (χ0n) is 11.0. The van der Waals surface area contributed by atoms with Gasteiger partial charge in [-0.15, -0.1) is 0 Å². The monoisotopic (exact) mass is 386 g/mol. The molecule has 1 amide bonds. The maximum atomic E-state index is 11.9. The average molecular weight is 388 g/mol. The third kappa shape index (κ3) is 5.00. The summed E-state index contributed by atoms with van der Waals surface area (Å²) in [6, 6.07) is 13.0. The van der Waals surface area contributed by atoms with Crippen LogP contribution in [0.3, 0.4) is 0 Å². The molecule has 0 unspecified atom stereocenters. The highest BCUT2D eigenvalue weighted by molar-refractivity contribution is 9.10. The van der Waals surface area contributed by atoms with Crippen molar-refractivity contribution in [3.05, 3.63) is 62.5 Å². The number of benzene rings is 2. The summed E-state index contributed by atoms with van der Waals surface area (Å²) in [4.78, 5) is 11.9. The first kappa shape index (κ1) is 16.3. The largest absolute Gasteiger partial charge is 0.322 e. The van der Waals surface area contributed by atoms with E-state index in [1.165, 1.54) is 0 Å². The van der Waals surface area contributed by atoms with Gasteiger partial charge in [0.2, 0.25) is 5.91 Å². The van der Waals surface area contributed by atoms with Crippen molar-refractivity contribution in [1.29, 1.82) is 0 Å². The predicted octanol–water partition coefficient (Wildman–Crippen LogP) is 4.48. The van der Waals surface area contributed by atoms with Gasteiger partial charge in [0.25, 0.3) is 0 Å². The van der Waals surface area contributed by atoms with Gasteiger partial charge in [-0.3, -0.25) is 4.79 Å². The Morgan fingerprint density at radius 2 is 1.67 bits per heavy atom. The molecule has 0 aliphatic rings. The summed E-state index contributed by atoms with van der Waals surface area (Å²) < 4.78 is 1.03. The van der Waals surface area contributed by atoms with Crippen molar-refractivity contribution in [2.45, 2.75) is 6.54 Å². The first-order chi connectivity index (χ1) is 10.1. The lowest BCUT2D eigenvalue weighted by molar-refractivity contribution is -0.115. The molecule has 0 spiro atoms. The molecule has 2 aromatic carbocycles. The van der Waals surface area contributed by atoms with Crippen LogP contribution in [-0.2, 0) is 11.3 Å². The molecule has 0 atom stereocenters. The summed E-state index contributed by atoms with van der Waals surface area (Å²) >= 11 is 15.4. The topological polar surface area (TPSA) is 41.1 Å². The molecular weight excluding hydrogens is 375 g/mol. The Morgan fingerprint density at radius 1 is 1.05 bits per heavy atom. The summed E-state index contributed by atoms with van der Waals surface area (Å²) in [7, 11) is 0. The fourth-order valence-electron chi connectivity index (χ4n) is 1.72. The van der Waals surface area contributed by atoms with Crippen molar-refractivity contribution in [3.8, 4) is 0 Å². The Balaban J connectivity index is 1.84. The van der Waals surface area contributed by atoms with E-state index in [2.05, 4.69) is 26.6 Å². The molecule has 2 aromatic rings. The number of anilines is 1. The van der Waals surface area contributed by atoms with Gasteiger partial charge < -0.3 is 10.6 Å². The molecular formula is C15H13BrCl2N2O. The summed E-state index contributed by atoms with van der Waals surface area (Å²) in [6.07, 6.45) is 0. The molecule has 0 bridgehead atoms. The first-order valence-corrected chi connectivity index (χ1v) is 7.80. The highest BCUT2D eigenvalue weighted by Crippen LogP contribution is 2.29. The molecule has 0 aromatic heterocycles. The molecule has 0 aliphatic carbocycles. The number of halogens is 3. The van der Waals surface area contributed by atoms with Crippen LogP contribution in [0, 0.1) is 0 Å². The van der Waals surface area contributed by atoms with Crippen LogP contribution in [-0.4, -0.2) is 12.5 Å². The lowest BCUT2D eigenvalue weighted by atomic mass is 10.2. The third-order valence-electron chi connectivity index (χ3n) is 2.76. The number of hydrogen-bond acceptors (Lipinski definition) is 2. The molecule has 3 nitrogen and oxygen atoms in total. The number of amides is 1. The number of carbonyl (C=O) groups is 1. The molecule has 0 saturated heterocycles. The van der Waals surface area contributed by atoms with Crippen molar-refractivity contribution in [3.63, 3.8) is 0 Å². The molecule has 0 fully saturated rings. The molecule has 110 valence electrons. The molecule has 2 N–H and O–H groups in total. The maximum absolute atomic E-state index is 11.9. The molecule has 0 radical (unpaired) electrons. The summed E-state index contributed by atoms with van der Waals surface area (Å²) in [6.45, 7) is 0.786. The minimum atomic E-state index is -0.192. The minimum Gasteiger partial charge on any atom is -0.322 e. The molecule has 21 heavy (non-hydrogen) atoms. The SMILES string of the molecule is O=C(CNCc1ccc(Br)cc1)Nc1c(Cl)cccc1Cl. The normalized spacial score (nSPS) is 10.4. The highest BCUT2D eigenvalue weighted by atomic mass is 79.9. The molecule has 0 aliphatic heterocycles. The quantitative estimate of drug-likeness (QED) is 0.793. The van der Waals surface area contributed by atoms with Crippen molar-refractivity contribution in [2.75, 3.05) is 11.9 Å². The van der Waals surface area contributed by atoms with E-state index in [0.717, 1.165) is 10.0 Å². The van der Waals surface area contributed by atoms with Crippen molar-refractivity contribution >= 4 is 50.7 Å². The van der Waals surface area contributed by atoms with Crippen LogP contribution in [0.4, 0.5) is 5.69 Å². The highest BCUT2D eigenvalue weighted by Gasteiger charge is 2.09. The van der Waals surface area contributed by atoms with Crippen molar-refractivity contribution in [1.82, 2.24) is 5.32 Å². The van der Waals surface area contributed by atoms with Crippen LogP contribution in [0.5, 0.6) is 0 Å². The van der Waals surface area contributed by atoms with E-state index in [1.807, 2.05) is 24.3 Å². The number of rotatable bonds is 5. The lowest BCUT2D eigenvalue weighted by Crippen LogP contribution is -2.27. The number of nitrogens with one attached hydrogen (secondary N) is 2. The molecule has 0 heterocycles. The van der Waals surface area contributed by atoms with Gasteiger partial charge in [0, 0.05) is 11.0 Å². The minimum absolute atomic E-state index is 0.178. The van der Waals surface area contributed by atoms with Crippen LogP contribution >= 0.6 is 39.1 Å². The van der Waals surface area contributed by atoms with E-state index in [1.54, 1.807) is 18.2 Å². The van der Waals surface area contributed by atoms with E-state index < -0.39 is 0 Å². The Labute approximate surface area is 141 Å². The van der Waals surface area contributed by atoms with Gasteiger partial charge in [-0.2, -0.15) is 0 Å². The van der Waals surface area contributed by atoms with Crippen LogP contribution in [0.15, 0.2) is 46.9 Å². The summed E-state index contributed by atoms with van der Waals surface area (Å²) in [5.74, 6) is -0.192. The van der Waals surface area contributed by atoms with Crippen LogP contribution in [0.2, 0.25) is 10.0 Å². The van der Waals surface area contributed by atoms with Crippen LogP contribution < -0.4 is 10.6 Å². The second-order valence-electron chi connectivity index (χ2n) is 4.37. The average Bonchev–Trinajstić information content (AvgIpc) is 2.45. The molecule has 0 saturated carbocycles. The zero-order valence-corrected chi connectivity index (χ0v) is 14.1. The molecule has 2 rings (SSSR count). The van der Waals surface area contributed by atoms with E-state index in [-0.39, 0.29) is 12.5 Å². The van der Waals surface area contributed by atoms with Gasteiger partial charge in [0.15, 0.2) is 0 Å². The Morgan fingerprint density at radius 3 is 2.29 bits per heavy atom. The number of carbonyl (C=O) groups excluding carboxylic acids is 1. The second-order valence-corrected chi connectivity index (χ2v) is 6.10. The van der Waals surface area contributed by atoms with Crippen LogP contribution in [0.1, 0.15) is 5.56 Å². The van der Waals surface area contributed by atoms with Crippen LogP contribution in [0.25, 0.3) is 0 Å². The van der Waals surface area contributed by atoms with E-state index >= 15 is 0 Å². The van der Waals surface area contributed by atoms with Gasteiger partial charge in [-0.25, -0.2) is 0 Å². The number of para-hydroxylation sites is 1. The fraction of sp³-hybridized carbons (Fsp3) is 0.133. The lowest BCUT2D eigenvalue weighted by Gasteiger charge is -2.10. The van der Waals surface area contributed by atoms with E-state index in [0.29, 0.717) is 22.3 Å². The van der Waals surface area contributed by atoms with Crippen molar-refractivity contribution < 1.29 is 4.79 Å². The van der Waals surface area contributed by atoms with Gasteiger partial charge in [-0.05, 0) is 29.8 Å². The fourth-order valence-corrected chi connectivity index (χ4v) is 2.48. The first-order valence-electron chi connectivity index (χ1n) is 6.25. The van der Waals surface area contributed by atoms with E-state index in [4.69, 9.17) is 23.2 Å². The second kappa shape index (κ2) is 7.80. The molecule has 6 heteroatoms. The van der Waals surface area contributed by atoms with E-state index in [9.17, 15) is 4.79 Å². The number of hydrogen-bond donors (Lipinski definition) is 2. The van der Waals surface area contributed by atoms with Gasteiger partial charge in [0.05, 0.1) is 22.3 Å². The van der Waals surface area contributed by atoms with Gasteiger partial charge in [0.1, 0.15) is 0 Å². The Hall–Kier alpha value is -1.07. The third-order valence-corrected chi connectivity index (χ3v) is 3.91. The Kier molecular flexibility index (Phi) is 6.06. The summed E-state index contributed by atoms with van der Waals surface area (Å²) in [5.41, 5.74) is 1.54. The summed E-state index contributed by atoms with van der Waals surface area (Å²) in [5, 5.41) is 6.61. The van der Waals surface area contributed by atoms with Gasteiger partial charge >= 0.3 is 0 Å².